The van der Waals surface area contributed by atoms with Crippen LogP contribution in [0, 0.1) is 0 Å². The summed E-state index contributed by atoms with van der Waals surface area (Å²) in [5.41, 5.74) is 6.68. The van der Waals surface area contributed by atoms with Crippen molar-refractivity contribution >= 4 is 31.3 Å². The van der Waals surface area contributed by atoms with Gasteiger partial charge in [0, 0.05) is 30.6 Å². The number of hydrogen-bond donors (Lipinski definition) is 2. The summed E-state index contributed by atoms with van der Waals surface area (Å²) >= 11 is 0. The molecule has 0 aliphatic carbocycles. The molecule has 1 aromatic carbocycles. The van der Waals surface area contributed by atoms with Gasteiger partial charge in [0.25, 0.3) is 0 Å². The van der Waals surface area contributed by atoms with Crippen molar-refractivity contribution in [2.75, 3.05) is 24.7 Å². The summed E-state index contributed by atoms with van der Waals surface area (Å²) in [6.45, 7) is 0. The van der Waals surface area contributed by atoms with E-state index in [1.165, 1.54) is 6.07 Å². The molecule has 0 aromatic heterocycles. The van der Waals surface area contributed by atoms with E-state index in [4.69, 9.17) is 10.3 Å². The van der Waals surface area contributed by atoms with Crippen molar-refractivity contribution in [3.05, 3.63) is 18.2 Å². The Morgan fingerprint density at radius 3 is 2.47 bits per heavy atom. The van der Waals surface area contributed by atoms with Crippen molar-refractivity contribution in [3.63, 3.8) is 0 Å². The molecule has 0 aliphatic heterocycles. The van der Waals surface area contributed by atoms with E-state index in [9.17, 15) is 8.42 Å². The van der Waals surface area contributed by atoms with Crippen LogP contribution in [0.2, 0.25) is 0 Å². The van der Waals surface area contributed by atoms with E-state index in [0.717, 1.165) is 0 Å². The second-order valence-corrected chi connectivity index (χ2v) is 6.36. The Hall–Kier alpha value is -0.920. The van der Waals surface area contributed by atoms with Crippen molar-refractivity contribution in [1.29, 1.82) is 0 Å². The van der Waals surface area contributed by atoms with Gasteiger partial charge in [0.05, 0.1) is 10.6 Å². The van der Waals surface area contributed by atoms with E-state index < -0.39 is 9.15 Å². The van der Waals surface area contributed by atoms with Crippen molar-refractivity contribution in [3.8, 4) is 0 Å². The molecule has 84 valence electrons. The zero-order chi connectivity index (χ0) is 11.6. The molecule has 0 amide bonds. The first kappa shape index (κ1) is 12.2. The zero-order valence-corrected chi connectivity index (χ0v) is 9.97. The highest BCUT2D eigenvalue weighted by Gasteiger charge is 2.13. The van der Waals surface area contributed by atoms with Crippen LogP contribution >= 0.6 is 10.8 Å². The lowest BCUT2D eigenvalue weighted by Gasteiger charge is -2.16. The maximum Gasteiger partial charge on any atom is 0.324 e. The number of nitrogens with zero attached hydrogens (tertiary/aromatic N) is 1. The number of nitrogens with two attached hydrogens (primary N) is 1. The number of benzene rings is 1. The molecule has 1 rings (SSSR count). The predicted octanol–water partition coefficient (Wildman–Crippen LogP) is 1.23. The number of anilines is 2. The van der Waals surface area contributed by atoms with Crippen LogP contribution in [0.5, 0.6) is 0 Å². The summed E-state index contributed by atoms with van der Waals surface area (Å²) in [4.78, 5) is 2.15. The normalized spacial score (nSPS) is 11.4. The van der Waals surface area contributed by atoms with Gasteiger partial charge in [0.2, 0.25) is 0 Å². The minimum atomic E-state index is -4.12. The third-order valence-corrected chi connectivity index (χ3v) is 3.55. The van der Waals surface area contributed by atoms with Crippen molar-refractivity contribution < 1.29 is 13.0 Å². The molecule has 0 bridgehead atoms. The van der Waals surface area contributed by atoms with E-state index in [1.54, 1.807) is 31.1 Å². The van der Waals surface area contributed by atoms with Crippen molar-refractivity contribution in [1.82, 2.24) is 0 Å². The molecule has 0 radical (unpaired) electrons. The third-order valence-electron chi connectivity index (χ3n) is 1.66. The smallest absolute Gasteiger partial charge is 0.324 e. The van der Waals surface area contributed by atoms with Gasteiger partial charge in [0.1, 0.15) is 0 Å². The van der Waals surface area contributed by atoms with Crippen molar-refractivity contribution in [2.24, 2.45) is 0 Å². The summed E-state index contributed by atoms with van der Waals surface area (Å²) in [6.07, 6.45) is 0. The van der Waals surface area contributed by atoms with Gasteiger partial charge in [-0.3, -0.25) is 4.55 Å². The maximum atomic E-state index is 10.7. The highest BCUT2D eigenvalue weighted by atomic mass is 33.1. The number of hydrogen-bond acceptors (Lipinski definition) is 5. The minimum absolute atomic E-state index is 0.376. The van der Waals surface area contributed by atoms with Crippen LogP contribution in [0.25, 0.3) is 0 Å². The molecule has 0 aliphatic rings. The van der Waals surface area contributed by atoms with Crippen LogP contribution in [0.4, 0.5) is 11.4 Å². The Bertz CT molecular complexity index is 457. The quantitative estimate of drug-likeness (QED) is 0.475. The molecule has 0 saturated heterocycles. The number of nitrogen functional groups attached to an aromatic ring is 1. The first-order chi connectivity index (χ1) is 6.79. The van der Waals surface area contributed by atoms with E-state index in [0.29, 0.717) is 27.1 Å². The molecule has 0 spiro atoms. The van der Waals surface area contributed by atoms with Crippen LogP contribution in [0.15, 0.2) is 23.1 Å². The molecule has 1 aromatic rings. The largest absolute Gasteiger partial charge is 0.399 e. The molecule has 0 atom stereocenters. The van der Waals surface area contributed by atoms with Gasteiger partial charge in [-0.1, -0.05) is 0 Å². The fourth-order valence-corrected chi connectivity index (χ4v) is 2.91. The predicted molar refractivity (Wildman–Crippen MR) is 62.6 cm³/mol. The van der Waals surface area contributed by atoms with Crippen molar-refractivity contribution in [2.45, 2.75) is 4.90 Å². The van der Waals surface area contributed by atoms with Gasteiger partial charge in [0.15, 0.2) is 0 Å². The fourth-order valence-electron chi connectivity index (χ4n) is 1.08. The summed E-state index contributed by atoms with van der Waals surface area (Å²) in [7, 11) is -0.185. The molecular formula is C8H12N2O3S2. The van der Waals surface area contributed by atoms with Gasteiger partial charge in [-0.05, 0) is 18.2 Å². The SMILES string of the molecule is CN(C)c1ccc(N)cc1SS(=O)(=O)O. The summed E-state index contributed by atoms with van der Waals surface area (Å²) < 4.78 is 30.2. The van der Waals surface area contributed by atoms with Gasteiger partial charge < -0.3 is 10.6 Å². The van der Waals surface area contributed by atoms with Crippen LogP contribution in [0.1, 0.15) is 0 Å². The molecule has 3 N–H and O–H groups in total. The lowest BCUT2D eigenvalue weighted by atomic mass is 10.3. The van der Waals surface area contributed by atoms with Gasteiger partial charge in [-0.2, -0.15) is 8.42 Å². The van der Waals surface area contributed by atoms with Crippen LogP contribution in [0.3, 0.4) is 0 Å². The second kappa shape index (κ2) is 4.30. The summed E-state index contributed by atoms with van der Waals surface area (Å²) in [5.74, 6) is 0. The Kier molecular flexibility index (Phi) is 3.48. The summed E-state index contributed by atoms with van der Waals surface area (Å²) in [5, 5.41) is 0. The van der Waals surface area contributed by atoms with E-state index in [-0.39, 0.29) is 0 Å². The average Bonchev–Trinajstić information content (AvgIpc) is 1.99. The minimum Gasteiger partial charge on any atom is -0.399 e. The Balaban J connectivity index is 3.19. The highest BCUT2D eigenvalue weighted by Crippen LogP contribution is 2.33. The Labute approximate surface area is 92.4 Å². The standard InChI is InChI=1S/C8H12N2O3S2/c1-10(2)7-4-3-6(9)5-8(7)14-15(11,12)13/h3-5H,9H2,1-2H3,(H,11,12,13). The monoisotopic (exact) mass is 248 g/mol. The molecular weight excluding hydrogens is 236 g/mol. The van der Waals surface area contributed by atoms with Crippen LogP contribution in [-0.2, 0) is 9.15 Å². The van der Waals surface area contributed by atoms with Crippen LogP contribution < -0.4 is 10.6 Å². The van der Waals surface area contributed by atoms with E-state index >= 15 is 0 Å². The molecule has 0 heterocycles. The maximum absolute atomic E-state index is 10.7. The lowest BCUT2D eigenvalue weighted by molar-refractivity contribution is 0.503. The van der Waals surface area contributed by atoms with Crippen LogP contribution in [-0.4, -0.2) is 27.1 Å². The first-order valence-corrected chi connectivity index (χ1v) is 6.80. The topological polar surface area (TPSA) is 83.6 Å². The molecule has 5 nitrogen and oxygen atoms in total. The second-order valence-electron chi connectivity index (χ2n) is 3.13. The lowest BCUT2D eigenvalue weighted by Crippen LogP contribution is -2.10. The molecule has 0 unspecified atom stereocenters. The Morgan fingerprint density at radius 1 is 1.40 bits per heavy atom. The molecule has 0 fully saturated rings. The van der Waals surface area contributed by atoms with Gasteiger partial charge in [-0.15, -0.1) is 0 Å². The summed E-state index contributed by atoms with van der Waals surface area (Å²) in [6, 6.07) is 4.88. The third kappa shape index (κ3) is 3.61. The Morgan fingerprint density at radius 2 is 2.00 bits per heavy atom. The van der Waals surface area contributed by atoms with E-state index in [1.807, 2.05) is 0 Å². The number of rotatable bonds is 3. The molecule has 0 saturated carbocycles. The zero-order valence-electron chi connectivity index (χ0n) is 8.34. The highest BCUT2D eigenvalue weighted by molar-refractivity contribution is 8.70. The molecule has 7 heteroatoms. The van der Waals surface area contributed by atoms with E-state index in [2.05, 4.69) is 0 Å². The van der Waals surface area contributed by atoms with Gasteiger partial charge >= 0.3 is 9.15 Å². The fraction of sp³-hybridized carbons (Fsp3) is 0.250. The molecule has 15 heavy (non-hydrogen) atoms. The first-order valence-electron chi connectivity index (χ1n) is 4.03. The van der Waals surface area contributed by atoms with Gasteiger partial charge in [-0.25, -0.2) is 0 Å². The average molecular weight is 248 g/mol.